The predicted octanol–water partition coefficient (Wildman–Crippen LogP) is 3.28. The first kappa shape index (κ1) is 18.8. The van der Waals surface area contributed by atoms with Crippen LogP contribution in [0.5, 0.6) is 0 Å². The average Bonchev–Trinajstić information content (AvgIpc) is 3.26. The Balaban J connectivity index is 1.35. The van der Waals surface area contributed by atoms with Gasteiger partial charge in [-0.15, -0.1) is 0 Å². The molecule has 1 N–H and O–H groups in total. The van der Waals surface area contributed by atoms with Crippen LogP contribution in [-0.4, -0.2) is 38.5 Å². The summed E-state index contributed by atoms with van der Waals surface area (Å²) in [4.78, 5) is 28.3. The number of carbonyl (C=O) groups excluding carboxylic acids is 1. The molecule has 7 nitrogen and oxygen atoms in total. The van der Waals surface area contributed by atoms with Crippen LogP contribution in [0.25, 0.3) is 11.1 Å². The fourth-order valence-corrected chi connectivity index (χ4v) is 3.91. The molecule has 1 saturated carbocycles. The van der Waals surface area contributed by atoms with E-state index in [-0.39, 0.29) is 5.91 Å². The quantitative estimate of drug-likeness (QED) is 0.656. The molecule has 30 heavy (non-hydrogen) atoms. The second kappa shape index (κ2) is 8.26. The third-order valence-electron chi connectivity index (χ3n) is 5.84. The molecule has 0 aromatic carbocycles. The van der Waals surface area contributed by atoms with Gasteiger partial charge in [0.2, 0.25) is 5.95 Å². The lowest BCUT2D eigenvalue weighted by Gasteiger charge is -2.14. The average molecular weight is 403 g/mol. The highest BCUT2D eigenvalue weighted by molar-refractivity contribution is 5.94. The largest absolute Gasteiger partial charge is 0.347 e. The molecule has 1 aliphatic heterocycles. The number of rotatable bonds is 7. The molecule has 5 rings (SSSR count). The van der Waals surface area contributed by atoms with E-state index in [0.29, 0.717) is 18.2 Å². The maximum Gasteiger partial charge on any atom is 0.268 e. The molecule has 1 amide bonds. The van der Waals surface area contributed by atoms with E-state index in [9.17, 15) is 4.79 Å². The highest BCUT2D eigenvalue weighted by atomic mass is 16.1. The maximum absolute atomic E-state index is 12.9. The Bertz CT molecular complexity index is 1000. The van der Waals surface area contributed by atoms with E-state index < -0.39 is 0 Å². The third-order valence-corrected chi connectivity index (χ3v) is 5.84. The number of nitrogens with zero attached hydrogens (tertiary/aromatic N) is 5. The van der Waals surface area contributed by atoms with E-state index in [1.54, 1.807) is 12.4 Å². The first-order chi connectivity index (χ1) is 14.8. The van der Waals surface area contributed by atoms with Gasteiger partial charge in [-0.2, -0.15) is 0 Å². The maximum atomic E-state index is 12.9. The van der Waals surface area contributed by atoms with Crippen molar-refractivity contribution in [3.8, 4) is 11.1 Å². The molecule has 3 aromatic rings. The molecule has 2 aliphatic rings. The van der Waals surface area contributed by atoms with Crippen LogP contribution in [0.1, 0.15) is 41.7 Å². The van der Waals surface area contributed by atoms with E-state index in [4.69, 9.17) is 0 Å². The Kier molecular flexibility index (Phi) is 5.17. The van der Waals surface area contributed by atoms with Crippen molar-refractivity contribution in [3.63, 3.8) is 0 Å². The molecule has 3 aromatic heterocycles. The van der Waals surface area contributed by atoms with E-state index in [1.165, 1.54) is 25.7 Å². The van der Waals surface area contributed by atoms with Gasteiger partial charge in [0.25, 0.3) is 5.91 Å². The summed E-state index contributed by atoms with van der Waals surface area (Å²) in [6, 6.07) is 5.78. The molecule has 0 unspecified atom stereocenters. The number of nitrogens with one attached hydrogen (secondary N) is 1. The van der Waals surface area contributed by atoms with E-state index in [1.807, 2.05) is 30.6 Å². The van der Waals surface area contributed by atoms with Crippen molar-refractivity contribution in [1.29, 1.82) is 0 Å². The molecule has 4 heterocycles. The Hall–Kier alpha value is -3.22. The van der Waals surface area contributed by atoms with E-state index in [0.717, 1.165) is 42.3 Å². The molecule has 7 heteroatoms. The van der Waals surface area contributed by atoms with Gasteiger partial charge in [-0.1, -0.05) is 0 Å². The van der Waals surface area contributed by atoms with Crippen LogP contribution >= 0.6 is 0 Å². The summed E-state index contributed by atoms with van der Waals surface area (Å²) < 4.78 is 2.09. The Morgan fingerprint density at radius 1 is 1.07 bits per heavy atom. The van der Waals surface area contributed by atoms with Crippen molar-refractivity contribution >= 4 is 11.9 Å². The summed E-state index contributed by atoms with van der Waals surface area (Å²) in [5, 5.41) is 3.03. The number of anilines is 1. The number of aromatic nitrogens is 4. The summed E-state index contributed by atoms with van der Waals surface area (Å²) in [5.74, 6) is 1.41. The number of hydrogen-bond acceptors (Lipinski definition) is 5. The van der Waals surface area contributed by atoms with Crippen molar-refractivity contribution in [3.05, 3.63) is 60.4 Å². The number of hydrogen-bond donors (Lipinski definition) is 1. The van der Waals surface area contributed by atoms with Gasteiger partial charge in [0.15, 0.2) is 0 Å². The first-order valence-corrected chi connectivity index (χ1v) is 10.7. The molecular weight excluding hydrogens is 376 g/mol. The van der Waals surface area contributed by atoms with Crippen molar-refractivity contribution in [2.24, 2.45) is 5.92 Å². The molecule has 1 aliphatic carbocycles. The first-order valence-electron chi connectivity index (χ1n) is 10.7. The number of carbonyl (C=O) groups is 1. The fourth-order valence-electron chi connectivity index (χ4n) is 3.91. The molecule has 1 saturated heterocycles. The van der Waals surface area contributed by atoms with Crippen LogP contribution in [0.15, 0.2) is 49.2 Å². The molecule has 154 valence electrons. The van der Waals surface area contributed by atoms with Gasteiger partial charge in [-0.05, 0) is 55.4 Å². The zero-order valence-corrected chi connectivity index (χ0v) is 17.0. The van der Waals surface area contributed by atoms with Gasteiger partial charge in [0, 0.05) is 68.3 Å². The lowest BCUT2D eigenvalue weighted by molar-refractivity contribution is 0.0941. The predicted molar refractivity (Wildman–Crippen MR) is 115 cm³/mol. The zero-order valence-electron chi connectivity index (χ0n) is 17.0. The molecular formula is C23H26N6O. The molecule has 0 spiro atoms. The highest BCUT2D eigenvalue weighted by Gasteiger charge is 2.25. The third kappa shape index (κ3) is 4.20. The van der Waals surface area contributed by atoms with Crippen molar-refractivity contribution < 1.29 is 4.79 Å². The Morgan fingerprint density at radius 2 is 1.80 bits per heavy atom. The molecule has 0 atom stereocenters. The van der Waals surface area contributed by atoms with Crippen LogP contribution < -0.4 is 10.2 Å². The smallest absolute Gasteiger partial charge is 0.268 e. The van der Waals surface area contributed by atoms with E-state index in [2.05, 4.69) is 35.9 Å². The molecule has 2 fully saturated rings. The topological polar surface area (TPSA) is 75.9 Å². The van der Waals surface area contributed by atoms with Crippen molar-refractivity contribution in [1.82, 2.24) is 24.8 Å². The van der Waals surface area contributed by atoms with Gasteiger partial charge in [0.05, 0.1) is 0 Å². The van der Waals surface area contributed by atoms with Crippen molar-refractivity contribution in [2.45, 2.75) is 38.8 Å². The van der Waals surface area contributed by atoms with Gasteiger partial charge < -0.3 is 14.8 Å². The minimum Gasteiger partial charge on any atom is -0.347 e. The van der Waals surface area contributed by atoms with Crippen LogP contribution in [0.4, 0.5) is 5.95 Å². The standard InChI is InChI=1S/C23H26N6O/c30-22(25-12-17-5-7-24-8-6-17)21-11-19(16-29(21)15-18-3-4-18)20-13-26-23(27-14-20)28-9-1-2-10-28/h5-8,11,13-14,16,18H,1-4,9-10,12,15H2,(H,25,30). The highest BCUT2D eigenvalue weighted by Crippen LogP contribution is 2.32. The van der Waals surface area contributed by atoms with Crippen LogP contribution in [0, 0.1) is 5.92 Å². The van der Waals surface area contributed by atoms with Gasteiger partial charge in [-0.25, -0.2) is 9.97 Å². The molecule has 0 bridgehead atoms. The zero-order chi connectivity index (χ0) is 20.3. The van der Waals surface area contributed by atoms with Crippen LogP contribution in [-0.2, 0) is 13.1 Å². The lowest BCUT2D eigenvalue weighted by atomic mass is 10.2. The lowest BCUT2D eigenvalue weighted by Crippen LogP contribution is -2.25. The van der Waals surface area contributed by atoms with Crippen LogP contribution in [0.3, 0.4) is 0 Å². The summed E-state index contributed by atoms with van der Waals surface area (Å²) >= 11 is 0. The number of amides is 1. The SMILES string of the molecule is O=C(NCc1ccncc1)c1cc(-c2cnc(N3CCCC3)nc2)cn1CC1CC1. The monoisotopic (exact) mass is 402 g/mol. The summed E-state index contributed by atoms with van der Waals surface area (Å²) in [6.45, 7) is 3.42. The summed E-state index contributed by atoms with van der Waals surface area (Å²) in [5.41, 5.74) is 3.65. The normalized spacial score (nSPS) is 16.1. The second-order valence-electron chi connectivity index (χ2n) is 8.21. The van der Waals surface area contributed by atoms with Crippen LogP contribution in [0.2, 0.25) is 0 Å². The summed E-state index contributed by atoms with van der Waals surface area (Å²) in [6.07, 6.45) is 14.2. The Morgan fingerprint density at radius 3 is 2.50 bits per heavy atom. The van der Waals surface area contributed by atoms with Gasteiger partial charge >= 0.3 is 0 Å². The van der Waals surface area contributed by atoms with Gasteiger partial charge in [0.1, 0.15) is 5.69 Å². The molecule has 0 radical (unpaired) electrons. The number of pyridine rings is 1. The second-order valence-corrected chi connectivity index (χ2v) is 8.21. The fraction of sp³-hybridized carbons (Fsp3) is 0.391. The minimum atomic E-state index is -0.0617. The summed E-state index contributed by atoms with van der Waals surface area (Å²) in [7, 11) is 0. The Labute approximate surface area is 176 Å². The van der Waals surface area contributed by atoms with Crippen molar-refractivity contribution in [2.75, 3.05) is 18.0 Å². The van der Waals surface area contributed by atoms with Gasteiger partial charge in [-0.3, -0.25) is 9.78 Å². The minimum absolute atomic E-state index is 0.0617. The van der Waals surface area contributed by atoms with E-state index >= 15 is 0 Å².